The summed E-state index contributed by atoms with van der Waals surface area (Å²) in [5, 5.41) is 15.5. The first-order chi connectivity index (χ1) is 13.6. The molecule has 0 amide bonds. The van der Waals surface area contributed by atoms with Gasteiger partial charge in [-0.25, -0.2) is 9.97 Å². The number of nitrogens with zero attached hydrogens (tertiary/aromatic N) is 4. The van der Waals surface area contributed by atoms with Crippen molar-refractivity contribution >= 4 is 28.1 Å². The Kier molecular flexibility index (Phi) is 4.51. The van der Waals surface area contributed by atoms with Gasteiger partial charge >= 0.3 is 11.6 Å². The van der Waals surface area contributed by atoms with Crippen LogP contribution in [0.5, 0.6) is 11.6 Å². The number of hydrogen-bond donors (Lipinski definition) is 1. The van der Waals surface area contributed by atoms with E-state index in [2.05, 4.69) is 20.3 Å². The van der Waals surface area contributed by atoms with Gasteiger partial charge in [-0.1, -0.05) is 36.4 Å². The fourth-order valence-electron chi connectivity index (χ4n) is 2.76. The monoisotopic (exact) mass is 373 g/mol. The minimum absolute atomic E-state index is 0.0468. The molecule has 4 rings (SSSR count). The van der Waals surface area contributed by atoms with E-state index in [0.717, 1.165) is 11.1 Å². The lowest BCUT2D eigenvalue weighted by molar-refractivity contribution is -0.385. The molecule has 0 spiro atoms. The van der Waals surface area contributed by atoms with Gasteiger partial charge in [0, 0.05) is 16.8 Å². The number of aromatic nitrogens is 3. The van der Waals surface area contributed by atoms with Crippen molar-refractivity contribution in [1.82, 2.24) is 15.0 Å². The Morgan fingerprint density at radius 2 is 1.82 bits per heavy atom. The Hall–Kier alpha value is -4.07. The van der Waals surface area contributed by atoms with Crippen molar-refractivity contribution in [2.24, 2.45) is 0 Å². The molecule has 0 saturated carbocycles. The quantitative estimate of drug-likeness (QED) is 0.397. The van der Waals surface area contributed by atoms with Crippen molar-refractivity contribution in [1.29, 1.82) is 0 Å². The number of para-hydroxylation sites is 2. The fraction of sp³-hybridized carbons (Fsp3) is 0.0500. The van der Waals surface area contributed by atoms with E-state index >= 15 is 0 Å². The molecule has 8 nitrogen and oxygen atoms in total. The van der Waals surface area contributed by atoms with E-state index in [1.807, 2.05) is 43.3 Å². The first kappa shape index (κ1) is 17.3. The van der Waals surface area contributed by atoms with E-state index in [0.29, 0.717) is 17.0 Å². The minimum Gasteiger partial charge on any atom is -0.431 e. The number of hydrogen-bond acceptors (Lipinski definition) is 7. The van der Waals surface area contributed by atoms with Crippen LogP contribution in [-0.2, 0) is 0 Å². The van der Waals surface area contributed by atoms with Crippen LogP contribution in [0.2, 0.25) is 0 Å². The maximum atomic E-state index is 11.7. The standard InChI is InChI=1S/C20H15N5O3/c1-13-10-11-14-6-5-9-16(17(14)23-13)28-20-18(25(26)27)19(21-12-22-20)24-15-7-3-2-4-8-15/h2-12H,1H3,(H,21,22,24). The topological polar surface area (TPSA) is 103 Å². The second-order valence-corrected chi connectivity index (χ2v) is 6.01. The normalized spacial score (nSPS) is 10.6. The maximum absolute atomic E-state index is 11.7. The average Bonchev–Trinajstić information content (AvgIpc) is 2.69. The van der Waals surface area contributed by atoms with Gasteiger partial charge in [0.1, 0.15) is 11.8 Å². The number of nitrogens with one attached hydrogen (secondary N) is 1. The predicted molar refractivity (Wildman–Crippen MR) is 105 cm³/mol. The summed E-state index contributed by atoms with van der Waals surface area (Å²) in [6.07, 6.45) is 1.22. The van der Waals surface area contributed by atoms with Gasteiger partial charge in [0.2, 0.25) is 5.82 Å². The second-order valence-electron chi connectivity index (χ2n) is 6.01. The molecule has 138 valence electrons. The number of anilines is 2. The summed E-state index contributed by atoms with van der Waals surface area (Å²) >= 11 is 0. The Morgan fingerprint density at radius 1 is 1.00 bits per heavy atom. The van der Waals surface area contributed by atoms with Crippen LogP contribution >= 0.6 is 0 Å². The predicted octanol–water partition coefficient (Wildman–Crippen LogP) is 4.78. The van der Waals surface area contributed by atoms with E-state index in [1.165, 1.54) is 6.33 Å². The number of pyridine rings is 1. The van der Waals surface area contributed by atoms with Crippen molar-refractivity contribution < 1.29 is 9.66 Å². The van der Waals surface area contributed by atoms with Crippen molar-refractivity contribution in [2.45, 2.75) is 6.92 Å². The number of rotatable bonds is 5. The highest BCUT2D eigenvalue weighted by molar-refractivity contribution is 5.85. The van der Waals surface area contributed by atoms with Crippen LogP contribution in [-0.4, -0.2) is 19.9 Å². The number of nitro groups is 1. The van der Waals surface area contributed by atoms with Gasteiger partial charge in [-0.15, -0.1) is 0 Å². The summed E-state index contributed by atoms with van der Waals surface area (Å²) in [5.74, 6) is 0.272. The van der Waals surface area contributed by atoms with Crippen LogP contribution in [0.3, 0.4) is 0 Å². The van der Waals surface area contributed by atoms with Crippen LogP contribution in [0, 0.1) is 17.0 Å². The molecule has 0 saturated heterocycles. The van der Waals surface area contributed by atoms with Crippen LogP contribution in [0.1, 0.15) is 5.69 Å². The molecule has 0 aliphatic heterocycles. The van der Waals surface area contributed by atoms with Crippen LogP contribution in [0.15, 0.2) is 67.0 Å². The van der Waals surface area contributed by atoms with Crippen LogP contribution in [0.25, 0.3) is 10.9 Å². The molecule has 28 heavy (non-hydrogen) atoms. The average molecular weight is 373 g/mol. The third-order valence-electron chi connectivity index (χ3n) is 4.04. The molecule has 1 N–H and O–H groups in total. The van der Waals surface area contributed by atoms with Gasteiger partial charge in [-0.05, 0) is 31.2 Å². The maximum Gasteiger partial charge on any atom is 0.373 e. The first-order valence-corrected chi connectivity index (χ1v) is 8.47. The number of benzene rings is 2. The van der Waals surface area contributed by atoms with E-state index in [1.54, 1.807) is 24.3 Å². The van der Waals surface area contributed by atoms with E-state index in [-0.39, 0.29) is 17.4 Å². The number of fused-ring (bicyclic) bond motifs is 1. The van der Waals surface area contributed by atoms with Crippen molar-refractivity contribution in [3.05, 3.63) is 82.8 Å². The Labute approximate surface area is 160 Å². The summed E-state index contributed by atoms with van der Waals surface area (Å²) in [6.45, 7) is 1.87. The third-order valence-corrected chi connectivity index (χ3v) is 4.04. The zero-order valence-corrected chi connectivity index (χ0v) is 14.9. The van der Waals surface area contributed by atoms with Gasteiger partial charge in [-0.2, -0.15) is 4.98 Å². The zero-order chi connectivity index (χ0) is 19.5. The molecule has 4 aromatic rings. The second kappa shape index (κ2) is 7.28. The summed E-state index contributed by atoms with van der Waals surface area (Å²) < 4.78 is 5.82. The van der Waals surface area contributed by atoms with Crippen molar-refractivity contribution in [3.8, 4) is 11.6 Å². The lowest BCUT2D eigenvalue weighted by atomic mass is 10.2. The van der Waals surface area contributed by atoms with Gasteiger partial charge in [0.15, 0.2) is 5.75 Å². The SMILES string of the molecule is Cc1ccc2cccc(Oc3ncnc(Nc4ccccc4)c3[N+](=O)[O-])c2n1. The highest BCUT2D eigenvalue weighted by Gasteiger charge is 2.25. The smallest absolute Gasteiger partial charge is 0.373 e. The van der Waals surface area contributed by atoms with Crippen molar-refractivity contribution in [2.75, 3.05) is 5.32 Å². The molecule has 0 atom stereocenters. The Bertz CT molecular complexity index is 1170. The molecule has 8 heteroatoms. The van der Waals surface area contributed by atoms with Gasteiger partial charge in [-0.3, -0.25) is 10.1 Å². The highest BCUT2D eigenvalue weighted by Crippen LogP contribution is 2.37. The Balaban J connectivity index is 1.77. The van der Waals surface area contributed by atoms with E-state index in [4.69, 9.17) is 4.74 Å². The molecule has 0 radical (unpaired) electrons. The fourth-order valence-corrected chi connectivity index (χ4v) is 2.76. The largest absolute Gasteiger partial charge is 0.431 e. The molecule has 0 unspecified atom stereocenters. The molecule has 2 aromatic heterocycles. The summed E-state index contributed by atoms with van der Waals surface area (Å²) in [6, 6.07) is 18.2. The summed E-state index contributed by atoms with van der Waals surface area (Å²) in [5.41, 5.74) is 1.73. The third kappa shape index (κ3) is 3.43. The number of aryl methyl sites for hydroxylation is 1. The van der Waals surface area contributed by atoms with Gasteiger partial charge < -0.3 is 10.1 Å². The highest BCUT2D eigenvalue weighted by atomic mass is 16.6. The summed E-state index contributed by atoms with van der Waals surface area (Å²) in [4.78, 5) is 23.6. The van der Waals surface area contributed by atoms with E-state index < -0.39 is 4.92 Å². The zero-order valence-electron chi connectivity index (χ0n) is 14.9. The number of ether oxygens (including phenoxy) is 1. The van der Waals surface area contributed by atoms with Crippen LogP contribution < -0.4 is 10.1 Å². The van der Waals surface area contributed by atoms with Crippen molar-refractivity contribution in [3.63, 3.8) is 0 Å². The molecule has 0 aliphatic carbocycles. The molecular weight excluding hydrogens is 358 g/mol. The van der Waals surface area contributed by atoms with E-state index in [9.17, 15) is 10.1 Å². The Morgan fingerprint density at radius 3 is 2.61 bits per heavy atom. The molecule has 0 bridgehead atoms. The lowest BCUT2D eigenvalue weighted by Gasteiger charge is -2.10. The minimum atomic E-state index is -0.565. The van der Waals surface area contributed by atoms with Crippen LogP contribution in [0.4, 0.5) is 17.2 Å². The van der Waals surface area contributed by atoms with Gasteiger partial charge in [0.05, 0.1) is 4.92 Å². The molecular formula is C20H15N5O3. The summed E-state index contributed by atoms with van der Waals surface area (Å²) in [7, 11) is 0. The molecule has 0 fully saturated rings. The molecule has 2 aromatic carbocycles. The lowest BCUT2D eigenvalue weighted by Crippen LogP contribution is -2.03. The first-order valence-electron chi connectivity index (χ1n) is 8.47. The molecule has 0 aliphatic rings. The van der Waals surface area contributed by atoms with Gasteiger partial charge in [0.25, 0.3) is 0 Å². The molecule has 2 heterocycles.